The molecule has 1 aliphatic rings. The quantitative estimate of drug-likeness (QED) is 0.537. The SMILES string of the molecule is Nc1ncnc2ncn([C@@H]3S[C@H](CO)[C@@H](O)[C@@H]3O)c12. The van der Waals surface area contributed by atoms with Crippen LogP contribution in [0.2, 0.25) is 0 Å². The highest BCUT2D eigenvalue weighted by molar-refractivity contribution is 8.00. The average Bonchev–Trinajstić information content (AvgIpc) is 2.94. The molecular formula is C10H13N5O3S. The molecule has 0 bridgehead atoms. The molecular weight excluding hydrogens is 270 g/mol. The second-order valence-electron chi connectivity index (χ2n) is 4.31. The first kappa shape index (κ1) is 12.6. The van der Waals surface area contributed by atoms with Crippen molar-refractivity contribution in [1.29, 1.82) is 0 Å². The fraction of sp³-hybridized carbons (Fsp3) is 0.500. The average molecular weight is 283 g/mol. The molecule has 3 heterocycles. The van der Waals surface area contributed by atoms with Crippen molar-refractivity contribution in [3.05, 3.63) is 12.7 Å². The summed E-state index contributed by atoms with van der Waals surface area (Å²) in [6.07, 6.45) is 0.809. The van der Waals surface area contributed by atoms with Crippen molar-refractivity contribution < 1.29 is 15.3 Å². The Labute approximate surface area is 112 Å². The lowest BCUT2D eigenvalue weighted by molar-refractivity contribution is 0.0113. The normalized spacial score (nSPS) is 31.1. The van der Waals surface area contributed by atoms with Crippen molar-refractivity contribution in [2.75, 3.05) is 12.3 Å². The first-order valence-electron chi connectivity index (χ1n) is 5.69. The first-order valence-corrected chi connectivity index (χ1v) is 6.63. The Morgan fingerprint density at radius 2 is 2.05 bits per heavy atom. The van der Waals surface area contributed by atoms with Gasteiger partial charge in [0.15, 0.2) is 11.5 Å². The molecule has 1 fully saturated rings. The van der Waals surface area contributed by atoms with Crippen LogP contribution < -0.4 is 5.73 Å². The number of nitrogen functional groups attached to an aromatic ring is 1. The van der Waals surface area contributed by atoms with Gasteiger partial charge in [0.2, 0.25) is 0 Å². The third kappa shape index (κ3) is 1.86. The van der Waals surface area contributed by atoms with Crippen LogP contribution in [0.15, 0.2) is 12.7 Å². The summed E-state index contributed by atoms with van der Waals surface area (Å²) in [5, 5.41) is 28.2. The van der Waals surface area contributed by atoms with E-state index in [1.807, 2.05) is 0 Å². The molecule has 0 aromatic carbocycles. The third-order valence-corrected chi connectivity index (χ3v) is 4.75. The lowest BCUT2D eigenvalue weighted by Gasteiger charge is -2.17. The van der Waals surface area contributed by atoms with Gasteiger partial charge in [-0.05, 0) is 0 Å². The van der Waals surface area contributed by atoms with E-state index < -0.39 is 22.8 Å². The van der Waals surface area contributed by atoms with Crippen LogP contribution in [0.5, 0.6) is 0 Å². The van der Waals surface area contributed by atoms with E-state index in [1.165, 1.54) is 24.4 Å². The van der Waals surface area contributed by atoms with Crippen LogP contribution in [-0.2, 0) is 0 Å². The molecule has 5 N–H and O–H groups in total. The summed E-state index contributed by atoms with van der Waals surface area (Å²) in [7, 11) is 0. The van der Waals surface area contributed by atoms with Gasteiger partial charge in [-0.2, -0.15) is 0 Å². The van der Waals surface area contributed by atoms with Gasteiger partial charge in [-0.15, -0.1) is 11.8 Å². The molecule has 2 aromatic heterocycles. The van der Waals surface area contributed by atoms with Gasteiger partial charge in [0, 0.05) is 0 Å². The minimum atomic E-state index is -1.01. The van der Waals surface area contributed by atoms with Crippen LogP contribution in [0, 0.1) is 0 Å². The van der Waals surface area contributed by atoms with E-state index >= 15 is 0 Å². The number of thioether (sulfide) groups is 1. The second kappa shape index (κ2) is 4.60. The number of aliphatic hydroxyl groups is 3. The Morgan fingerprint density at radius 1 is 1.26 bits per heavy atom. The van der Waals surface area contributed by atoms with Crippen LogP contribution in [0.4, 0.5) is 5.82 Å². The highest BCUT2D eigenvalue weighted by atomic mass is 32.2. The third-order valence-electron chi connectivity index (χ3n) is 3.19. The number of nitrogens with zero attached hydrogens (tertiary/aromatic N) is 4. The lowest BCUT2D eigenvalue weighted by atomic mass is 10.1. The van der Waals surface area contributed by atoms with E-state index in [2.05, 4.69) is 15.0 Å². The maximum absolute atomic E-state index is 10.1. The van der Waals surface area contributed by atoms with Crippen LogP contribution in [0.1, 0.15) is 5.37 Å². The van der Waals surface area contributed by atoms with Crippen molar-refractivity contribution >= 4 is 28.7 Å². The van der Waals surface area contributed by atoms with Gasteiger partial charge in [0.05, 0.1) is 24.3 Å². The summed E-state index contributed by atoms with van der Waals surface area (Å²) in [4.78, 5) is 12.0. The number of rotatable bonds is 2. The van der Waals surface area contributed by atoms with E-state index in [0.29, 0.717) is 11.2 Å². The highest BCUT2D eigenvalue weighted by Gasteiger charge is 2.43. The Hall–Kier alpha value is -1.42. The molecule has 102 valence electrons. The molecule has 0 unspecified atom stereocenters. The van der Waals surface area contributed by atoms with Crippen molar-refractivity contribution in [1.82, 2.24) is 19.5 Å². The molecule has 2 aromatic rings. The van der Waals surface area contributed by atoms with Gasteiger partial charge in [0.25, 0.3) is 0 Å². The molecule has 0 saturated carbocycles. The van der Waals surface area contributed by atoms with Crippen LogP contribution >= 0.6 is 11.8 Å². The minimum Gasteiger partial charge on any atom is -0.395 e. The predicted octanol–water partition coefficient (Wildman–Crippen LogP) is -1.26. The molecule has 9 heteroatoms. The van der Waals surface area contributed by atoms with E-state index in [1.54, 1.807) is 4.57 Å². The topological polar surface area (TPSA) is 130 Å². The van der Waals surface area contributed by atoms with Gasteiger partial charge in [-0.3, -0.25) is 0 Å². The minimum absolute atomic E-state index is 0.210. The van der Waals surface area contributed by atoms with E-state index in [0.717, 1.165) is 0 Å². The molecule has 0 spiro atoms. The number of hydrogen-bond donors (Lipinski definition) is 4. The Morgan fingerprint density at radius 3 is 2.74 bits per heavy atom. The number of aromatic nitrogens is 4. The van der Waals surface area contributed by atoms with Crippen molar-refractivity contribution in [2.24, 2.45) is 0 Å². The number of anilines is 1. The monoisotopic (exact) mass is 283 g/mol. The second-order valence-corrected chi connectivity index (χ2v) is 5.67. The van der Waals surface area contributed by atoms with Crippen molar-refractivity contribution in [3.63, 3.8) is 0 Å². The molecule has 0 amide bonds. The maximum Gasteiger partial charge on any atom is 0.183 e. The number of fused-ring (bicyclic) bond motifs is 1. The number of imidazole rings is 1. The Bertz CT molecular complexity index is 606. The summed E-state index contributed by atoms with van der Waals surface area (Å²) >= 11 is 1.27. The molecule has 0 radical (unpaired) electrons. The molecule has 19 heavy (non-hydrogen) atoms. The Balaban J connectivity index is 2.06. The van der Waals surface area contributed by atoms with Crippen molar-refractivity contribution in [3.8, 4) is 0 Å². The molecule has 1 aliphatic heterocycles. The van der Waals surface area contributed by atoms with E-state index in [9.17, 15) is 15.3 Å². The molecule has 0 aliphatic carbocycles. The predicted molar refractivity (Wildman–Crippen MR) is 69.3 cm³/mol. The zero-order valence-corrected chi connectivity index (χ0v) is 10.6. The van der Waals surface area contributed by atoms with E-state index in [4.69, 9.17) is 5.73 Å². The smallest absolute Gasteiger partial charge is 0.183 e. The number of hydrogen-bond acceptors (Lipinski definition) is 8. The summed E-state index contributed by atoms with van der Waals surface area (Å²) in [6.45, 7) is -0.210. The van der Waals surface area contributed by atoms with Crippen LogP contribution in [0.3, 0.4) is 0 Å². The van der Waals surface area contributed by atoms with Crippen LogP contribution in [-0.4, -0.2) is 58.9 Å². The number of nitrogens with two attached hydrogens (primary N) is 1. The summed E-state index contributed by atoms with van der Waals surface area (Å²) in [5.41, 5.74) is 6.75. The van der Waals surface area contributed by atoms with Crippen LogP contribution in [0.25, 0.3) is 11.2 Å². The van der Waals surface area contributed by atoms with Gasteiger partial charge < -0.3 is 25.6 Å². The van der Waals surface area contributed by atoms with E-state index in [-0.39, 0.29) is 12.4 Å². The number of aliphatic hydroxyl groups excluding tert-OH is 3. The first-order chi connectivity index (χ1) is 9.13. The maximum atomic E-state index is 10.1. The fourth-order valence-corrected chi connectivity index (χ4v) is 3.58. The van der Waals surface area contributed by atoms with Gasteiger partial charge >= 0.3 is 0 Å². The van der Waals surface area contributed by atoms with Gasteiger partial charge in [-0.25, -0.2) is 15.0 Å². The standard InChI is InChI=1S/C10H13N5O3S/c11-8-5-9(13-2-12-8)14-3-15(5)10-7(18)6(17)4(1-16)19-10/h2-4,6-7,10,16-18H,1H2,(H2,11,12,13)/t4-,6-,7+,10-/m1/s1. The van der Waals surface area contributed by atoms with Gasteiger partial charge in [0.1, 0.15) is 23.3 Å². The molecule has 8 nitrogen and oxygen atoms in total. The molecule has 3 rings (SSSR count). The highest BCUT2D eigenvalue weighted by Crippen LogP contribution is 2.43. The lowest BCUT2D eigenvalue weighted by Crippen LogP contribution is -2.32. The molecule has 4 atom stereocenters. The zero-order valence-electron chi connectivity index (χ0n) is 9.79. The summed E-state index contributed by atoms with van der Waals surface area (Å²) in [6, 6.07) is 0. The zero-order chi connectivity index (χ0) is 13.6. The fourth-order valence-electron chi connectivity index (χ4n) is 2.20. The van der Waals surface area contributed by atoms with Crippen molar-refractivity contribution in [2.45, 2.75) is 22.8 Å². The Kier molecular flexibility index (Phi) is 3.05. The summed E-state index contributed by atoms with van der Waals surface area (Å²) < 4.78 is 1.64. The summed E-state index contributed by atoms with van der Waals surface area (Å²) in [5.74, 6) is 0.261. The van der Waals surface area contributed by atoms with Gasteiger partial charge in [-0.1, -0.05) is 0 Å². The largest absolute Gasteiger partial charge is 0.395 e. The molecule has 1 saturated heterocycles.